The smallest absolute Gasteiger partial charge is 0.417 e. The monoisotopic (exact) mass is 686 g/mol. The minimum Gasteiger partial charge on any atom is -0.493 e. The molecule has 2 amide bonds. The van der Waals surface area contributed by atoms with Crippen molar-refractivity contribution in [1.29, 1.82) is 0 Å². The molecule has 1 fully saturated rings. The number of carbonyl (C=O) groups is 1. The number of thiazole rings is 1. The zero-order valence-corrected chi connectivity index (χ0v) is 26.9. The molecule has 0 unspecified atom stereocenters. The number of piperazine rings is 1. The Bertz CT molecular complexity index is 1920. The van der Waals surface area contributed by atoms with E-state index in [0.717, 1.165) is 49.6 Å². The van der Waals surface area contributed by atoms with Gasteiger partial charge in [0, 0.05) is 55.6 Å². The summed E-state index contributed by atoms with van der Waals surface area (Å²) in [6.07, 6.45) is -3.20. The highest BCUT2D eigenvalue weighted by Gasteiger charge is 2.33. The van der Waals surface area contributed by atoms with Crippen LogP contribution in [-0.2, 0) is 6.18 Å². The van der Waals surface area contributed by atoms with Crippen molar-refractivity contribution >= 4 is 72.4 Å². The van der Waals surface area contributed by atoms with Crippen molar-refractivity contribution in [1.82, 2.24) is 24.8 Å². The van der Waals surface area contributed by atoms with Crippen LogP contribution in [0.4, 0.5) is 40.3 Å². The maximum Gasteiger partial charge on any atom is 0.417 e. The molecule has 11 nitrogen and oxygen atoms in total. The number of anilines is 4. The number of aromatic nitrogens is 3. The first-order valence-corrected chi connectivity index (χ1v) is 15.7. The highest BCUT2D eigenvalue weighted by Crippen LogP contribution is 2.38. The minimum atomic E-state index is -4.65. The quantitative estimate of drug-likeness (QED) is 0.152. The number of hydrogen-bond donors (Lipinski definition) is 3. The van der Waals surface area contributed by atoms with E-state index < -0.39 is 22.8 Å². The first-order valence-electron chi connectivity index (χ1n) is 14.5. The molecule has 2 aromatic heterocycles. The van der Waals surface area contributed by atoms with E-state index in [1.165, 1.54) is 23.7 Å². The lowest BCUT2D eigenvalue weighted by Gasteiger charge is -2.32. The fourth-order valence-corrected chi connectivity index (χ4v) is 6.19. The number of benzene rings is 3. The van der Waals surface area contributed by atoms with Crippen LogP contribution in [0.2, 0.25) is 5.02 Å². The van der Waals surface area contributed by atoms with E-state index in [9.17, 15) is 18.0 Å². The summed E-state index contributed by atoms with van der Waals surface area (Å²) in [4.78, 5) is 30.7. The van der Waals surface area contributed by atoms with Gasteiger partial charge in [0.15, 0.2) is 16.6 Å². The molecule has 6 rings (SSSR count). The van der Waals surface area contributed by atoms with Crippen molar-refractivity contribution in [3.05, 3.63) is 65.4 Å². The predicted molar refractivity (Wildman–Crippen MR) is 178 cm³/mol. The molecule has 0 radical (unpaired) electrons. The number of methoxy groups -OCH3 is 1. The molecule has 0 atom stereocenters. The van der Waals surface area contributed by atoms with E-state index in [1.54, 1.807) is 25.3 Å². The van der Waals surface area contributed by atoms with Crippen LogP contribution < -0.4 is 25.4 Å². The zero-order chi connectivity index (χ0) is 33.1. The first kappa shape index (κ1) is 32.5. The van der Waals surface area contributed by atoms with Crippen molar-refractivity contribution in [3.8, 4) is 11.5 Å². The van der Waals surface area contributed by atoms with Crippen LogP contribution in [0.5, 0.6) is 11.5 Å². The average molecular weight is 687 g/mol. The minimum absolute atomic E-state index is 0.0531. The molecule has 5 aromatic rings. The van der Waals surface area contributed by atoms with Gasteiger partial charge in [-0.3, -0.25) is 4.90 Å². The van der Waals surface area contributed by atoms with Gasteiger partial charge in [-0.2, -0.15) is 13.2 Å². The molecule has 3 N–H and O–H groups in total. The van der Waals surface area contributed by atoms with Crippen LogP contribution in [0, 0.1) is 0 Å². The third kappa shape index (κ3) is 7.76. The number of urea groups is 1. The fourth-order valence-electron chi connectivity index (χ4n) is 5.06. The second kappa shape index (κ2) is 13.7. The van der Waals surface area contributed by atoms with E-state index in [0.29, 0.717) is 51.2 Å². The van der Waals surface area contributed by atoms with E-state index in [2.05, 4.69) is 47.7 Å². The summed E-state index contributed by atoms with van der Waals surface area (Å²) >= 11 is 7.00. The van der Waals surface area contributed by atoms with Gasteiger partial charge in [0.2, 0.25) is 0 Å². The molecule has 1 saturated heterocycles. The number of hydrogen-bond acceptors (Lipinski definition) is 10. The summed E-state index contributed by atoms with van der Waals surface area (Å²) in [5.74, 6) is 1.68. The van der Waals surface area contributed by atoms with Gasteiger partial charge >= 0.3 is 12.2 Å². The summed E-state index contributed by atoms with van der Waals surface area (Å²) in [7, 11) is 3.71. The number of likely N-dealkylation sites (N-methyl/N-ethyl adjacent to an activating group) is 1. The van der Waals surface area contributed by atoms with Crippen molar-refractivity contribution in [3.63, 3.8) is 0 Å². The molecular formula is C31H30ClF3N8O3S. The standard InChI is InChI=1S/C31H30ClF3N8O3S/c1-42-7-9-43(10-8-42)11-12-46-26-16-24-20(15-25(26)45-2)28(37-17-36-24)41-30-40-23-6-4-19(14-27(23)47-30)39-29(44)38-18-3-5-22(32)21(13-18)31(33,34)35/h3-6,13-17H,7-12H2,1-2H3,(H2,38,39,44)(H,36,37,40,41). The van der Waals surface area contributed by atoms with Gasteiger partial charge in [-0.1, -0.05) is 22.9 Å². The number of ether oxygens (including phenoxy) is 2. The Hall–Kier alpha value is -4.44. The Morgan fingerprint density at radius 2 is 1.72 bits per heavy atom. The van der Waals surface area contributed by atoms with Crippen LogP contribution in [0.15, 0.2) is 54.9 Å². The number of amides is 2. The second-order valence-electron chi connectivity index (χ2n) is 10.8. The number of nitrogens with zero attached hydrogens (tertiary/aromatic N) is 5. The lowest BCUT2D eigenvalue weighted by atomic mass is 10.2. The number of alkyl halides is 3. The average Bonchev–Trinajstić information content (AvgIpc) is 3.43. The summed E-state index contributed by atoms with van der Waals surface area (Å²) in [5.41, 5.74) is 0.668. The molecule has 0 bridgehead atoms. The number of nitrogens with one attached hydrogen (secondary N) is 3. The number of fused-ring (bicyclic) bond motifs is 2. The van der Waals surface area contributed by atoms with Gasteiger partial charge in [0.05, 0.1) is 33.4 Å². The fraction of sp³-hybridized carbons (Fsp3) is 0.290. The maximum absolute atomic E-state index is 13.2. The van der Waals surface area contributed by atoms with Gasteiger partial charge in [-0.15, -0.1) is 0 Å². The van der Waals surface area contributed by atoms with Crippen LogP contribution in [0.3, 0.4) is 0 Å². The van der Waals surface area contributed by atoms with Crippen molar-refractivity contribution in [2.24, 2.45) is 0 Å². The SMILES string of the molecule is COc1cc2c(Nc3nc4ccc(NC(=O)Nc5ccc(Cl)c(C(F)(F)F)c5)cc4s3)ncnc2cc1OCCN1CCN(C)CC1. The molecule has 16 heteroatoms. The van der Waals surface area contributed by atoms with Gasteiger partial charge in [-0.05, 0) is 49.5 Å². The lowest BCUT2D eigenvalue weighted by Crippen LogP contribution is -2.45. The molecule has 0 saturated carbocycles. The molecule has 0 aliphatic carbocycles. The molecule has 1 aliphatic rings. The van der Waals surface area contributed by atoms with Crippen molar-refractivity contribution in [2.75, 3.05) is 69.4 Å². The summed E-state index contributed by atoms with van der Waals surface area (Å²) in [6.45, 7) is 5.43. The largest absolute Gasteiger partial charge is 0.493 e. The highest BCUT2D eigenvalue weighted by molar-refractivity contribution is 7.22. The zero-order valence-electron chi connectivity index (χ0n) is 25.3. The second-order valence-corrected chi connectivity index (χ2v) is 12.3. The number of halogens is 4. The predicted octanol–water partition coefficient (Wildman–Crippen LogP) is 6.93. The number of carbonyl (C=O) groups excluding carboxylic acids is 1. The van der Waals surface area contributed by atoms with Gasteiger partial charge < -0.3 is 30.3 Å². The molecule has 1 aliphatic heterocycles. The topological polar surface area (TPSA) is 117 Å². The third-order valence-electron chi connectivity index (χ3n) is 7.58. The van der Waals surface area contributed by atoms with Crippen molar-refractivity contribution < 1.29 is 27.4 Å². The molecule has 47 heavy (non-hydrogen) atoms. The first-order chi connectivity index (χ1) is 22.6. The molecular weight excluding hydrogens is 657 g/mol. The summed E-state index contributed by atoms with van der Waals surface area (Å²) in [6, 6.07) is 11.2. The van der Waals surface area contributed by atoms with Crippen LogP contribution in [-0.4, -0.2) is 84.3 Å². The Labute approximate surface area is 276 Å². The van der Waals surface area contributed by atoms with E-state index in [1.807, 2.05) is 12.1 Å². The van der Waals surface area contributed by atoms with E-state index in [-0.39, 0.29) is 5.69 Å². The highest BCUT2D eigenvalue weighted by atomic mass is 35.5. The molecule has 246 valence electrons. The van der Waals surface area contributed by atoms with E-state index >= 15 is 0 Å². The summed E-state index contributed by atoms with van der Waals surface area (Å²) < 4.78 is 52.1. The Morgan fingerprint density at radius 3 is 2.47 bits per heavy atom. The van der Waals surface area contributed by atoms with Gasteiger partial charge in [-0.25, -0.2) is 19.7 Å². The van der Waals surface area contributed by atoms with Gasteiger partial charge in [0.25, 0.3) is 0 Å². The van der Waals surface area contributed by atoms with Crippen LogP contribution in [0.1, 0.15) is 5.56 Å². The molecule has 0 spiro atoms. The Balaban J connectivity index is 1.13. The van der Waals surface area contributed by atoms with E-state index in [4.69, 9.17) is 21.1 Å². The number of rotatable bonds is 9. The van der Waals surface area contributed by atoms with Crippen molar-refractivity contribution in [2.45, 2.75) is 6.18 Å². The maximum atomic E-state index is 13.2. The normalized spacial score (nSPS) is 14.3. The lowest BCUT2D eigenvalue weighted by molar-refractivity contribution is -0.137. The third-order valence-corrected chi connectivity index (χ3v) is 8.85. The molecule has 3 heterocycles. The molecule has 3 aromatic carbocycles. The Morgan fingerprint density at radius 1 is 0.979 bits per heavy atom. The van der Waals surface area contributed by atoms with Crippen LogP contribution >= 0.6 is 22.9 Å². The van der Waals surface area contributed by atoms with Gasteiger partial charge in [0.1, 0.15) is 18.8 Å². The Kier molecular flexibility index (Phi) is 9.50. The summed E-state index contributed by atoms with van der Waals surface area (Å²) in [5, 5.41) is 9.10. The van der Waals surface area contributed by atoms with Crippen LogP contribution in [0.25, 0.3) is 21.1 Å².